The maximum Gasteiger partial charge on any atom is 0.137 e. The van der Waals surface area contributed by atoms with Crippen LogP contribution in [0, 0.1) is 0 Å². The Hall–Kier alpha value is -5.54. The first-order valence-corrected chi connectivity index (χ1v) is 14.5. The Bertz CT molecular complexity index is 2140. The van der Waals surface area contributed by atoms with Gasteiger partial charge in [0.2, 0.25) is 0 Å². The first-order chi connectivity index (χ1) is 21.2. The molecule has 43 heavy (non-hydrogen) atoms. The Morgan fingerprint density at radius 1 is 0.442 bits per heavy atom. The molecule has 0 aliphatic carbocycles. The molecule has 0 aliphatic heterocycles. The fraction of sp³-hybridized carbons (Fsp3) is 0. The lowest BCUT2D eigenvalue weighted by Crippen LogP contribution is -2.09. The van der Waals surface area contributed by atoms with E-state index in [0.29, 0.717) is 5.46 Å². The van der Waals surface area contributed by atoms with E-state index in [4.69, 9.17) is 12.3 Å². The van der Waals surface area contributed by atoms with Crippen LogP contribution in [-0.2, 0) is 0 Å². The molecule has 8 aromatic rings. The Kier molecular flexibility index (Phi) is 6.08. The molecule has 200 valence electrons. The van der Waals surface area contributed by atoms with E-state index in [1.807, 2.05) is 24.3 Å². The fourth-order valence-corrected chi connectivity index (χ4v) is 6.09. The van der Waals surface area contributed by atoms with Crippen molar-refractivity contribution in [3.8, 4) is 22.3 Å². The number of hydrogen-bond donors (Lipinski definition) is 0. The minimum Gasteiger partial charge on any atom is -0.457 e. The first kappa shape index (κ1) is 25.2. The van der Waals surface area contributed by atoms with Crippen molar-refractivity contribution in [3.63, 3.8) is 0 Å². The van der Waals surface area contributed by atoms with Crippen molar-refractivity contribution < 1.29 is 4.42 Å². The summed E-state index contributed by atoms with van der Waals surface area (Å²) in [7, 11) is 6.49. The normalized spacial score (nSPS) is 11.3. The van der Waals surface area contributed by atoms with Crippen molar-refractivity contribution in [2.45, 2.75) is 0 Å². The highest BCUT2D eigenvalue weighted by Crippen LogP contribution is 2.40. The molecule has 2 radical (unpaired) electrons. The zero-order valence-corrected chi connectivity index (χ0v) is 23.4. The number of anilines is 3. The van der Waals surface area contributed by atoms with E-state index in [0.717, 1.165) is 49.8 Å². The van der Waals surface area contributed by atoms with Gasteiger partial charge < -0.3 is 9.32 Å². The highest BCUT2D eigenvalue weighted by molar-refractivity contribution is 6.42. The van der Waals surface area contributed by atoms with Gasteiger partial charge in [-0.3, -0.25) is 0 Å². The summed E-state index contributed by atoms with van der Waals surface area (Å²) in [5.74, 6) is 0. The zero-order chi connectivity index (χ0) is 28.8. The van der Waals surface area contributed by atoms with Crippen LogP contribution >= 0.6 is 0 Å². The van der Waals surface area contributed by atoms with E-state index in [1.54, 1.807) is 0 Å². The van der Waals surface area contributed by atoms with E-state index < -0.39 is 0 Å². The van der Waals surface area contributed by atoms with Gasteiger partial charge in [-0.2, -0.15) is 0 Å². The number of benzene rings is 7. The van der Waals surface area contributed by atoms with Gasteiger partial charge in [0.15, 0.2) is 0 Å². The van der Waals surface area contributed by atoms with Gasteiger partial charge in [-0.1, -0.05) is 121 Å². The Morgan fingerprint density at radius 2 is 0.953 bits per heavy atom. The third-order valence-electron chi connectivity index (χ3n) is 8.20. The number of furan rings is 1. The molecular weight excluding hydrogens is 521 g/mol. The number of rotatable bonds is 5. The fourth-order valence-electron chi connectivity index (χ4n) is 6.09. The van der Waals surface area contributed by atoms with Gasteiger partial charge in [0, 0.05) is 33.9 Å². The van der Waals surface area contributed by atoms with Crippen molar-refractivity contribution in [3.05, 3.63) is 158 Å². The molecule has 0 aliphatic rings. The lowest BCUT2D eigenvalue weighted by atomic mass is 9.90. The average molecular weight is 547 g/mol. The van der Waals surface area contributed by atoms with Crippen molar-refractivity contribution in [2.75, 3.05) is 4.90 Å². The van der Waals surface area contributed by atoms with Gasteiger partial charge in [0.25, 0.3) is 0 Å². The maximum atomic E-state index is 6.49. The van der Waals surface area contributed by atoms with Crippen LogP contribution in [0.1, 0.15) is 0 Å². The van der Waals surface area contributed by atoms with E-state index in [1.165, 1.54) is 22.3 Å². The SMILES string of the molecule is [B]c1cc2ccccc2c2c1oc1cc(N(c3ccc(-c4ccccc4)cc3)c3ccc(-c4ccccc4)cc3)ccc12. The predicted octanol–water partition coefficient (Wildman–Crippen LogP) is 10.3. The van der Waals surface area contributed by atoms with Crippen molar-refractivity contribution in [2.24, 2.45) is 0 Å². The summed E-state index contributed by atoms with van der Waals surface area (Å²) in [4.78, 5) is 2.28. The van der Waals surface area contributed by atoms with Crippen LogP contribution in [0.15, 0.2) is 162 Å². The maximum absolute atomic E-state index is 6.49. The second-order valence-corrected chi connectivity index (χ2v) is 10.8. The first-order valence-electron chi connectivity index (χ1n) is 14.5. The predicted molar refractivity (Wildman–Crippen MR) is 182 cm³/mol. The Balaban J connectivity index is 1.28. The summed E-state index contributed by atoms with van der Waals surface area (Å²) in [5.41, 5.74) is 10.1. The monoisotopic (exact) mass is 547 g/mol. The molecular formula is C40H26BNO. The summed E-state index contributed by atoms with van der Waals surface area (Å²) in [6.07, 6.45) is 0. The van der Waals surface area contributed by atoms with E-state index >= 15 is 0 Å². The van der Waals surface area contributed by atoms with Crippen molar-refractivity contribution in [1.82, 2.24) is 0 Å². The average Bonchev–Trinajstić information content (AvgIpc) is 3.46. The molecule has 7 aromatic carbocycles. The lowest BCUT2D eigenvalue weighted by Gasteiger charge is -2.26. The standard InChI is InChI=1S/C40H26BNO/c41-37-25-31-13-7-8-14-35(31)39-36-24-23-34(26-38(36)43-40(37)39)42(32-19-15-29(16-20-32)27-9-3-1-4-10-27)33-21-17-30(18-22-33)28-11-5-2-6-12-28/h1-26H. The van der Waals surface area contributed by atoms with Gasteiger partial charge in [0.1, 0.15) is 19.0 Å². The molecule has 0 unspecified atom stereocenters. The smallest absolute Gasteiger partial charge is 0.137 e. The molecule has 0 bridgehead atoms. The molecule has 0 atom stereocenters. The summed E-state index contributed by atoms with van der Waals surface area (Å²) in [5, 5.41) is 4.37. The minimum atomic E-state index is 0.649. The van der Waals surface area contributed by atoms with Gasteiger partial charge in [-0.25, -0.2) is 0 Å². The number of fused-ring (bicyclic) bond motifs is 5. The van der Waals surface area contributed by atoms with E-state index in [2.05, 4.69) is 138 Å². The van der Waals surface area contributed by atoms with Gasteiger partial charge in [0.05, 0.1) is 0 Å². The number of nitrogens with zero attached hydrogens (tertiary/aromatic N) is 1. The summed E-state index contributed by atoms with van der Waals surface area (Å²) in [6, 6.07) is 55.2. The van der Waals surface area contributed by atoms with E-state index in [-0.39, 0.29) is 0 Å². The molecule has 0 fully saturated rings. The van der Waals surface area contributed by atoms with Crippen LogP contribution in [0.25, 0.3) is 55.0 Å². The molecule has 0 saturated heterocycles. The molecule has 8 rings (SSSR count). The third kappa shape index (κ3) is 4.47. The van der Waals surface area contributed by atoms with Gasteiger partial charge in [-0.15, -0.1) is 0 Å². The Labute approximate surface area is 251 Å². The lowest BCUT2D eigenvalue weighted by molar-refractivity contribution is 0.672. The van der Waals surface area contributed by atoms with Crippen LogP contribution in [0.4, 0.5) is 17.1 Å². The molecule has 0 saturated carbocycles. The summed E-state index contributed by atoms with van der Waals surface area (Å²) in [6.45, 7) is 0. The van der Waals surface area contributed by atoms with Crippen LogP contribution < -0.4 is 10.4 Å². The van der Waals surface area contributed by atoms with Crippen LogP contribution in [0.5, 0.6) is 0 Å². The molecule has 3 heteroatoms. The van der Waals surface area contributed by atoms with Crippen molar-refractivity contribution in [1.29, 1.82) is 0 Å². The molecule has 1 heterocycles. The quantitative estimate of drug-likeness (QED) is 0.199. The van der Waals surface area contributed by atoms with Crippen LogP contribution in [-0.4, -0.2) is 7.85 Å². The molecule has 0 amide bonds. The second kappa shape index (κ2) is 10.4. The molecule has 1 aromatic heterocycles. The Morgan fingerprint density at radius 3 is 1.56 bits per heavy atom. The number of hydrogen-bond acceptors (Lipinski definition) is 2. The summed E-state index contributed by atoms with van der Waals surface area (Å²) >= 11 is 0. The van der Waals surface area contributed by atoms with Gasteiger partial charge >= 0.3 is 0 Å². The minimum absolute atomic E-state index is 0.649. The molecule has 0 spiro atoms. The topological polar surface area (TPSA) is 16.4 Å². The summed E-state index contributed by atoms with van der Waals surface area (Å²) < 4.78 is 6.46. The molecule has 0 N–H and O–H groups in total. The third-order valence-corrected chi connectivity index (χ3v) is 8.20. The van der Waals surface area contributed by atoms with Gasteiger partial charge in [-0.05, 0) is 69.4 Å². The molecule has 2 nitrogen and oxygen atoms in total. The van der Waals surface area contributed by atoms with Crippen LogP contribution in [0.3, 0.4) is 0 Å². The highest BCUT2D eigenvalue weighted by Gasteiger charge is 2.18. The highest BCUT2D eigenvalue weighted by atomic mass is 16.3. The zero-order valence-electron chi connectivity index (χ0n) is 23.4. The van der Waals surface area contributed by atoms with E-state index in [9.17, 15) is 0 Å². The van der Waals surface area contributed by atoms with Crippen LogP contribution in [0.2, 0.25) is 0 Å². The van der Waals surface area contributed by atoms with Crippen molar-refractivity contribution >= 4 is 63.1 Å². The largest absolute Gasteiger partial charge is 0.457 e. The second-order valence-electron chi connectivity index (χ2n) is 10.8.